The van der Waals surface area contributed by atoms with Gasteiger partial charge in [0.2, 0.25) is 0 Å². The number of aryl methyl sites for hydroxylation is 2. The topological polar surface area (TPSA) is 154 Å². The summed E-state index contributed by atoms with van der Waals surface area (Å²) in [5.41, 5.74) is 2.16. The van der Waals surface area contributed by atoms with E-state index in [9.17, 15) is 26.4 Å². The smallest absolute Gasteiger partial charge is 0.341 e. The Bertz CT molecular complexity index is 2640. The average Bonchev–Trinajstić information content (AvgIpc) is 3.68. The van der Waals surface area contributed by atoms with Crippen LogP contribution in [0.15, 0.2) is 87.3 Å². The van der Waals surface area contributed by atoms with Crippen molar-refractivity contribution in [3.63, 3.8) is 0 Å². The molecule has 0 saturated carbocycles. The van der Waals surface area contributed by atoms with Crippen LogP contribution in [0.4, 0.5) is 11.4 Å². The van der Waals surface area contributed by atoms with Gasteiger partial charge in [-0.25, -0.2) is 26.4 Å². The van der Waals surface area contributed by atoms with Crippen LogP contribution in [0.5, 0.6) is 5.75 Å². The first-order valence-corrected chi connectivity index (χ1v) is 22.5. The van der Waals surface area contributed by atoms with Crippen molar-refractivity contribution in [1.29, 1.82) is 0 Å². The average molecular weight is 878 g/mol. The Labute approximate surface area is 343 Å². The molecule has 296 valence electrons. The normalized spacial score (nSPS) is 11.5. The highest BCUT2D eigenvalue weighted by Crippen LogP contribution is 2.39. The van der Waals surface area contributed by atoms with Crippen LogP contribution in [0, 0.1) is 13.8 Å². The van der Waals surface area contributed by atoms with Gasteiger partial charge in [0, 0.05) is 25.1 Å². The van der Waals surface area contributed by atoms with E-state index < -0.39 is 32.0 Å². The molecule has 56 heavy (non-hydrogen) atoms. The number of nitrogens with one attached hydrogen (secondary N) is 2. The SMILES string of the molecule is CCCCOC(=O)c1cccc(NS(=O)(=O)c2sc3ccc(Cl)cc3c2C)c1.CCOC(=O)c1cccc(NS(=O)(=O)c2sc3ccc(Cl)cc3c2C)c1OC. The van der Waals surface area contributed by atoms with Crippen molar-refractivity contribution in [2.24, 2.45) is 0 Å². The molecular formula is C39H38Cl2N2O9S4. The predicted octanol–water partition coefficient (Wildman–Crippen LogP) is 10.5. The summed E-state index contributed by atoms with van der Waals surface area (Å²) in [5.74, 6) is -0.957. The van der Waals surface area contributed by atoms with Crippen LogP contribution in [-0.4, -0.2) is 49.1 Å². The quantitative estimate of drug-likeness (QED) is 0.0852. The first-order valence-electron chi connectivity index (χ1n) is 17.1. The summed E-state index contributed by atoms with van der Waals surface area (Å²) in [6.07, 6.45) is 1.71. The number of para-hydroxylation sites is 1. The Morgan fingerprint density at radius 3 is 1.84 bits per heavy atom. The molecule has 0 bridgehead atoms. The number of carbonyl (C=O) groups is 2. The van der Waals surface area contributed by atoms with Gasteiger partial charge in [0.1, 0.15) is 14.0 Å². The van der Waals surface area contributed by atoms with Gasteiger partial charge in [0.15, 0.2) is 5.75 Å². The highest BCUT2D eigenvalue weighted by atomic mass is 35.5. The minimum Gasteiger partial charge on any atom is -0.494 e. The molecule has 0 aliphatic rings. The summed E-state index contributed by atoms with van der Waals surface area (Å²) in [6.45, 7) is 7.72. The second-order valence-electron chi connectivity index (χ2n) is 12.2. The zero-order valence-corrected chi connectivity index (χ0v) is 35.7. The van der Waals surface area contributed by atoms with E-state index in [1.807, 2.05) is 6.92 Å². The first kappa shape index (κ1) is 42.8. The van der Waals surface area contributed by atoms with Gasteiger partial charge in [-0.05, 0) is 116 Å². The van der Waals surface area contributed by atoms with Gasteiger partial charge in [-0.15, -0.1) is 22.7 Å². The molecule has 0 atom stereocenters. The predicted molar refractivity (Wildman–Crippen MR) is 225 cm³/mol. The number of sulfonamides is 2. The van der Waals surface area contributed by atoms with Crippen LogP contribution >= 0.6 is 45.9 Å². The van der Waals surface area contributed by atoms with E-state index in [2.05, 4.69) is 9.44 Å². The molecule has 0 saturated heterocycles. The van der Waals surface area contributed by atoms with E-state index in [0.717, 1.165) is 44.4 Å². The number of ether oxygens (including phenoxy) is 3. The maximum absolute atomic E-state index is 13.0. The molecule has 2 N–H and O–H groups in total. The standard InChI is InChI=1S/C20H20ClNO4S2.C19H18ClNO5S2/c1-3-4-10-26-19(23)14-6-5-7-16(11-14)22-28(24,25)20-13(2)17-12-15(21)8-9-18(17)27-20;1-4-26-18(22)13-6-5-7-15(17(13)25-3)21-28(23,24)19-11(2)14-10-12(20)8-9-16(14)27-19/h5-9,11-12,22H,3-4,10H2,1-2H3;5-10,21H,4H2,1-3H3. The number of carbonyl (C=O) groups excluding carboxylic acids is 2. The van der Waals surface area contributed by atoms with Crippen molar-refractivity contribution in [1.82, 2.24) is 0 Å². The number of hydrogen-bond acceptors (Lipinski definition) is 11. The van der Waals surface area contributed by atoms with Crippen molar-refractivity contribution < 1.29 is 40.6 Å². The molecular weight excluding hydrogens is 840 g/mol. The molecule has 0 aliphatic heterocycles. The minimum absolute atomic E-state index is 0.103. The Morgan fingerprint density at radius 1 is 0.714 bits per heavy atom. The van der Waals surface area contributed by atoms with Gasteiger partial charge in [-0.3, -0.25) is 9.44 Å². The van der Waals surface area contributed by atoms with Crippen molar-refractivity contribution in [3.8, 4) is 5.75 Å². The highest BCUT2D eigenvalue weighted by Gasteiger charge is 2.26. The second kappa shape index (κ2) is 18.3. The van der Waals surface area contributed by atoms with E-state index in [4.69, 9.17) is 37.4 Å². The van der Waals surface area contributed by atoms with Crippen LogP contribution in [0.1, 0.15) is 58.5 Å². The number of methoxy groups -OCH3 is 1. The fraction of sp³-hybridized carbons (Fsp3) is 0.231. The number of hydrogen-bond donors (Lipinski definition) is 2. The zero-order chi connectivity index (χ0) is 40.8. The summed E-state index contributed by atoms with van der Waals surface area (Å²) in [7, 11) is -6.36. The van der Waals surface area contributed by atoms with Gasteiger partial charge in [-0.1, -0.05) is 48.7 Å². The summed E-state index contributed by atoms with van der Waals surface area (Å²) in [5, 5.41) is 2.69. The van der Waals surface area contributed by atoms with Crippen LogP contribution < -0.4 is 14.2 Å². The number of benzene rings is 4. The molecule has 6 aromatic rings. The number of unbranched alkanes of at least 4 members (excludes halogenated alkanes) is 1. The maximum Gasteiger partial charge on any atom is 0.341 e. The lowest BCUT2D eigenvalue weighted by Crippen LogP contribution is -2.15. The van der Waals surface area contributed by atoms with Crippen LogP contribution in [0.25, 0.3) is 20.2 Å². The molecule has 0 radical (unpaired) electrons. The number of fused-ring (bicyclic) bond motifs is 2. The molecule has 2 heterocycles. The molecule has 11 nitrogen and oxygen atoms in total. The lowest BCUT2D eigenvalue weighted by Gasteiger charge is -2.14. The lowest BCUT2D eigenvalue weighted by molar-refractivity contribution is 0.0496. The van der Waals surface area contributed by atoms with Crippen molar-refractivity contribution in [2.45, 2.75) is 49.0 Å². The Morgan fingerprint density at radius 2 is 1.29 bits per heavy atom. The fourth-order valence-electron chi connectivity index (χ4n) is 5.56. The van der Waals surface area contributed by atoms with Gasteiger partial charge in [-0.2, -0.15) is 0 Å². The molecule has 6 rings (SSSR count). The second-order valence-corrected chi connectivity index (χ2v) is 18.9. The zero-order valence-electron chi connectivity index (χ0n) is 30.9. The number of anilines is 2. The van der Waals surface area contributed by atoms with Crippen molar-refractivity contribution >= 4 is 109 Å². The fourth-order valence-corrected chi connectivity index (χ4v) is 11.5. The Kier molecular flexibility index (Phi) is 13.9. The van der Waals surface area contributed by atoms with Crippen LogP contribution in [0.3, 0.4) is 0 Å². The lowest BCUT2D eigenvalue weighted by atomic mass is 10.2. The van der Waals surface area contributed by atoms with Crippen molar-refractivity contribution in [2.75, 3.05) is 29.8 Å². The molecule has 4 aromatic carbocycles. The molecule has 0 aliphatic carbocycles. The number of esters is 2. The van der Waals surface area contributed by atoms with Gasteiger partial charge in [0.05, 0.1) is 31.6 Å². The van der Waals surface area contributed by atoms with E-state index >= 15 is 0 Å². The third kappa shape index (κ3) is 9.76. The van der Waals surface area contributed by atoms with Crippen LogP contribution in [0.2, 0.25) is 10.0 Å². The van der Waals surface area contributed by atoms with E-state index in [-0.39, 0.29) is 32.0 Å². The number of halogens is 2. The summed E-state index contributed by atoms with van der Waals surface area (Å²) in [6, 6.07) is 21.4. The third-order valence-corrected chi connectivity index (χ3v) is 15.2. The van der Waals surface area contributed by atoms with E-state index in [0.29, 0.717) is 39.0 Å². The molecule has 0 unspecified atom stereocenters. The van der Waals surface area contributed by atoms with Gasteiger partial charge in [0.25, 0.3) is 20.0 Å². The van der Waals surface area contributed by atoms with E-state index in [1.165, 1.54) is 36.6 Å². The first-order chi connectivity index (χ1) is 26.6. The minimum atomic E-state index is -3.91. The van der Waals surface area contributed by atoms with Crippen molar-refractivity contribution in [3.05, 3.63) is 111 Å². The molecule has 0 amide bonds. The molecule has 0 spiro atoms. The third-order valence-electron chi connectivity index (χ3n) is 8.24. The highest BCUT2D eigenvalue weighted by molar-refractivity contribution is 7.95. The largest absolute Gasteiger partial charge is 0.494 e. The van der Waals surface area contributed by atoms with Gasteiger partial charge >= 0.3 is 11.9 Å². The molecule has 17 heteroatoms. The Balaban J connectivity index is 0.000000214. The number of thiophene rings is 2. The summed E-state index contributed by atoms with van der Waals surface area (Å²) >= 11 is 14.4. The van der Waals surface area contributed by atoms with E-state index in [1.54, 1.807) is 81.4 Å². The van der Waals surface area contributed by atoms with Gasteiger partial charge < -0.3 is 14.2 Å². The Hall–Kier alpha value is -4.38. The maximum atomic E-state index is 13.0. The molecule has 0 fully saturated rings. The number of rotatable bonds is 13. The summed E-state index contributed by atoms with van der Waals surface area (Å²) < 4.78 is 74.5. The van der Waals surface area contributed by atoms with Crippen LogP contribution in [-0.2, 0) is 29.5 Å². The summed E-state index contributed by atoms with van der Waals surface area (Å²) in [4.78, 5) is 24.2. The molecule has 2 aromatic heterocycles. The monoisotopic (exact) mass is 876 g/mol.